The maximum absolute atomic E-state index is 10.9. The van der Waals surface area contributed by atoms with Crippen molar-refractivity contribution >= 4 is 0 Å². The second-order valence-electron chi connectivity index (χ2n) is 9.40. The molecule has 0 spiro atoms. The number of rotatable bonds is 7. The molecular weight excluding hydrogens is 396 g/mol. The van der Waals surface area contributed by atoms with Crippen molar-refractivity contribution in [1.82, 2.24) is 10.2 Å². The van der Waals surface area contributed by atoms with Crippen LogP contribution in [0.1, 0.15) is 29.9 Å². The van der Waals surface area contributed by atoms with Crippen molar-refractivity contribution in [1.29, 1.82) is 0 Å². The predicted octanol–water partition coefficient (Wildman–Crippen LogP) is 3.95. The van der Waals surface area contributed by atoms with E-state index in [1.54, 1.807) is 13.2 Å². The van der Waals surface area contributed by atoms with E-state index in [1.807, 2.05) is 12.2 Å². The summed E-state index contributed by atoms with van der Waals surface area (Å²) in [6.07, 6.45) is 10.1. The van der Waals surface area contributed by atoms with Crippen LogP contribution in [0.5, 0.6) is 0 Å². The molecule has 0 radical (unpaired) electrons. The van der Waals surface area contributed by atoms with Gasteiger partial charge >= 0.3 is 0 Å². The van der Waals surface area contributed by atoms with Crippen LogP contribution in [0, 0.1) is 11.8 Å². The molecule has 0 saturated carbocycles. The van der Waals surface area contributed by atoms with Crippen molar-refractivity contribution in [3.05, 3.63) is 96.1 Å². The maximum Gasteiger partial charge on any atom is 0.192 e. The van der Waals surface area contributed by atoms with Crippen LogP contribution in [-0.4, -0.2) is 54.6 Å². The molecule has 6 rings (SSSR count). The number of piperidine rings is 3. The lowest BCUT2D eigenvalue weighted by atomic mass is 9.70. The third-order valence-corrected chi connectivity index (χ3v) is 7.75. The number of benzene rings is 2. The van der Waals surface area contributed by atoms with Gasteiger partial charge in [-0.1, -0.05) is 78.9 Å². The second-order valence-corrected chi connectivity index (χ2v) is 9.40. The monoisotopic (exact) mass is 430 g/mol. The fraction of sp³-hybridized carbons (Fsp3) is 0.429. The number of nitrogens with one attached hydrogen (secondary N) is 1. The van der Waals surface area contributed by atoms with Crippen LogP contribution in [0.25, 0.3) is 0 Å². The standard InChI is InChI=1S/C28H34N2O2/c1-32-28(31)17-9-8-14-24(28)20-29-26-23-15-18-30(19-16-23)27(26)25(21-10-4-2-5-11-21)22-12-6-3-7-13-22/h2-14,17,23-27,29,31H,15-16,18-20H2,1H3/t24?,26-,27+,28?/m1/s1. The molecular formula is C28H34N2O2. The smallest absolute Gasteiger partial charge is 0.192 e. The zero-order valence-electron chi connectivity index (χ0n) is 18.8. The molecule has 4 nitrogen and oxygen atoms in total. The van der Waals surface area contributed by atoms with Crippen molar-refractivity contribution in [2.45, 2.75) is 36.6 Å². The SMILES string of the molecule is COC1(O)C=CC=CC1CN[C@@H]1C2CCN(CC2)[C@H]1C(c1ccccc1)c1ccccc1. The molecule has 0 amide bonds. The zero-order valence-corrected chi connectivity index (χ0v) is 18.8. The number of allylic oxidation sites excluding steroid dienone is 2. The molecule has 3 fully saturated rings. The first-order valence-electron chi connectivity index (χ1n) is 11.9. The molecule has 4 heteroatoms. The topological polar surface area (TPSA) is 44.7 Å². The van der Waals surface area contributed by atoms with Crippen LogP contribution in [0.15, 0.2) is 85.0 Å². The van der Waals surface area contributed by atoms with Gasteiger partial charge in [0.15, 0.2) is 5.79 Å². The Bertz CT molecular complexity index is 897. The summed E-state index contributed by atoms with van der Waals surface area (Å²) in [6.45, 7) is 3.02. The zero-order chi connectivity index (χ0) is 22.0. The van der Waals surface area contributed by atoms with Gasteiger partial charge in [0.2, 0.25) is 0 Å². The first-order chi connectivity index (χ1) is 15.7. The van der Waals surface area contributed by atoms with E-state index < -0.39 is 5.79 Å². The number of methoxy groups -OCH3 is 1. The summed E-state index contributed by atoms with van der Waals surface area (Å²) in [7, 11) is 1.58. The predicted molar refractivity (Wildman–Crippen MR) is 128 cm³/mol. The molecule has 1 aliphatic carbocycles. The van der Waals surface area contributed by atoms with Gasteiger partial charge < -0.3 is 15.2 Å². The molecule has 32 heavy (non-hydrogen) atoms. The molecule has 4 aliphatic rings. The normalized spacial score (nSPS) is 33.7. The number of ether oxygens (including phenoxy) is 1. The van der Waals surface area contributed by atoms with Gasteiger partial charge in [-0.15, -0.1) is 0 Å². The summed E-state index contributed by atoms with van der Waals surface area (Å²) in [5.74, 6) is -0.399. The van der Waals surface area contributed by atoms with Crippen LogP contribution in [0.4, 0.5) is 0 Å². The lowest BCUT2D eigenvalue weighted by molar-refractivity contribution is -0.173. The molecule has 3 aliphatic heterocycles. The van der Waals surface area contributed by atoms with Gasteiger partial charge in [-0.3, -0.25) is 4.90 Å². The second kappa shape index (κ2) is 9.32. The molecule has 4 atom stereocenters. The quantitative estimate of drug-likeness (QED) is 0.653. The summed E-state index contributed by atoms with van der Waals surface area (Å²) in [5, 5.41) is 14.8. The Morgan fingerprint density at radius 1 is 1.00 bits per heavy atom. The van der Waals surface area contributed by atoms with E-state index in [4.69, 9.17) is 4.74 Å². The summed E-state index contributed by atoms with van der Waals surface area (Å²) in [6, 6.07) is 22.7. The first-order valence-corrected chi connectivity index (χ1v) is 11.9. The van der Waals surface area contributed by atoms with Crippen LogP contribution in [0.3, 0.4) is 0 Å². The van der Waals surface area contributed by atoms with E-state index in [0.717, 1.165) is 13.1 Å². The summed E-state index contributed by atoms with van der Waals surface area (Å²) in [4.78, 5) is 2.70. The first kappa shape index (κ1) is 21.6. The molecule has 3 saturated heterocycles. The Kier molecular flexibility index (Phi) is 6.29. The highest BCUT2D eigenvalue weighted by Gasteiger charge is 2.47. The van der Waals surface area contributed by atoms with Gasteiger partial charge in [0.05, 0.1) is 0 Å². The third-order valence-electron chi connectivity index (χ3n) is 7.75. The van der Waals surface area contributed by atoms with Crippen molar-refractivity contribution in [2.75, 3.05) is 26.7 Å². The van der Waals surface area contributed by atoms with E-state index in [2.05, 4.69) is 77.0 Å². The minimum absolute atomic E-state index is 0.111. The highest BCUT2D eigenvalue weighted by atomic mass is 16.6. The minimum Gasteiger partial charge on any atom is -0.362 e. The lowest BCUT2D eigenvalue weighted by Crippen LogP contribution is -2.65. The maximum atomic E-state index is 10.9. The number of nitrogens with zero attached hydrogens (tertiary/aromatic N) is 1. The Morgan fingerprint density at radius 3 is 2.22 bits per heavy atom. The minimum atomic E-state index is -1.25. The van der Waals surface area contributed by atoms with Gasteiger partial charge in [0, 0.05) is 37.6 Å². The average Bonchev–Trinajstić information content (AvgIpc) is 2.86. The summed E-state index contributed by atoms with van der Waals surface area (Å²) >= 11 is 0. The van der Waals surface area contributed by atoms with Crippen LogP contribution in [0.2, 0.25) is 0 Å². The molecule has 3 heterocycles. The van der Waals surface area contributed by atoms with E-state index in [9.17, 15) is 5.11 Å². The number of hydrogen-bond acceptors (Lipinski definition) is 4. The van der Waals surface area contributed by atoms with Gasteiger partial charge in [-0.25, -0.2) is 0 Å². The number of aliphatic hydroxyl groups is 1. The van der Waals surface area contributed by atoms with Crippen molar-refractivity contribution in [3.63, 3.8) is 0 Å². The number of fused-ring (bicyclic) bond motifs is 3. The highest BCUT2D eigenvalue weighted by molar-refractivity contribution is 5.36. The Balaban J connectivity index is 1.46. The molecule has 2 bridgehead atoms. The Morgan fingerprint density at radius 2 is 1.62 bits per heavy atom. The van der Waals surface area contributed by atoms with Gasteiger partial charge in [0.25, 0.3) is 0 Å². The molecule has 2 aromatic rings. The van der Waals surface area contributed by atoms with Gasteiger partial charge in [-0.2, -0.15) is 0 Å². The van der Waals surface area contributed by atoms with Crippen molar-refractivity contribution in [2.24, 2.45) is 11.8 Å². The molecule has 2 aromatic carbocycles. The fourth-order valence-electron chi connectivity index (χ4n) is 6.05. The highest BCUT2D eigenvalue weighted by Crippen LogP contribution is 2.42. The van der Waals surface area contributed by atoms with Gasteiger partial charge in [0.1, 0.15) is 0 Å². The third kappa shape index (κ3) is 4.08. The molecule has 0 aromatic heterocycles. The Hall–Kier alpha value is -2.24. The van der Waals surface area contributed by atoms with Crippen molar-refractivity contribution < 1.29 is 9.84 Å². The number of hydrogen-bond donors (Lipinski definition) is 2. The Labute approximate surface area is 191 Å². The van der Waals surface area contributed by atoms with Crippen LogP contribution < -0.4 is 5.32 Å². The van der Waals surface area contributed by atoms with Crippen molar-refractivity contribution in [3.8, 4) is 0 Å². The molecule has 2 N–H and O–H groups in total. The largest absolute Gasteiger partial charge is 0.362 e. The lowest BCUT2D eigenvalue weighted by Gasteiger charge is -2.54. The van der Waals surface area contributed by atoms with Gasteiger partial charge in [-0.05, 0) is 49.1 Å². The summed E-state index contributed by atoms with van der Waals surface area (Å²) < 4.78 is 5.47. The van der Waals surface area contributed by atoms with Crippen LogP contribution >= 0.6 is 0 Å². The van der Waals surface area contributed by atoms with Crippen LogP contribution in [-0.2, 0) is 4.74 Å². The van der Waals surface area contributed by atoms with E-state index in [-0.39, 0.29) is 5.92 Å². The fourth-order valence-corrected chi connectivity index (χ4v) is 6.05. The molecule has 168 valence electrons. The van der Waals surface area contributed by atoms with E-state index in [0.29, 0.717) is 30.5 Å². The summed E-state index contributed by atoms with van der Waals surface area (Å²) in [5.41, 5.74) is 2.74. The van der Waals surface area contributed by atoms with E-state index in [1.165, 1.54) is 24.0 Å². The average molecular weight is 431 g/mol. The van der Waals surface area contributed by atoms with E-state index >= 15 is 0 Å². The molecule has 2 unspecified atom stereocenters.